The zero-order valence-electron chi connectivity index (χ0n) is 15.3. The first-order chi connectivity index (χ1) is 12.7. The molecule has 1 heterocycles. The van der Waals surface area contributed by atoms with Crippen LogP contribution >= 0.6 is 0 Å². The first-order valence-electron chi connectivity index (χ1n) is 8.59. The van der Waals surface area contributed by atoms with Crippen molar-refractivity contribution in [1.82, 2.24) is 10.6 Å². The van der Waals surface area contributed by atoms with Gasteiger partial charge in [0.25, 0.3) is 11.8 Å². The topological polar surface area (TPSA) is 108 Å². The first kappa shape index (κ1) is 18.4. The zero-order chi connectivity index (χ0) is 19.8. The van der Waals surface area contributed by atoms with Gasteiger partial charge in [-0.05, 0) is 48.2 Å². The number of amides is 4. The number of benzene rings is 2. The number of phenols is 1. The van der Waals surface area contributed by atoms with Crippen LogP contribution in [-0.4, -0.2) is 23.0 Å². The first-order valence-corrected chi connectivity index (χ1v) is 8.59. The number of carbonyl (C=O) groups is 3. The normalized spacial score (nSPS) is 19.0. The second-order valence-corrected chi connectivity index (χ2v) is 7.00. The number of carbonyl (C=O) groups excluding carboxylic acids is 3. The van der Waals surface area contributed by atoms with Gasteiger partial charge in [0.1, 0.15) is 11.3 Å². The predicted octanol–water partition coefficient (Wildman–Crippen LogP) is 2.82. The van der Waals surface area contributed by atoms with Crippen LogP contribution in [0.5, 0.6) is 5.75 Å². The lowest BCUT2D eigenvalue weighted by Crippen LogP contribution is -2.40. The van der Waals surface area contributed by atoms with Crippen molar-refractivity contribution >= 4 is 23.5 Å². The summed E-state index contributed by atoms with van der Waals surface area (Å²) in [5.41, 5.74) is 0.873. The van der Waals surface area contributed by atoms with Crippen molar-refractivity contribution in [2.24, 2.45) is 0 Å². The molecule has 4 N–H and O–H groups in total. The third-order valence-electron chi connectivity index (χ3n) is 4.67. The van der Waals surface area contributed by atoms with Crippen LogP contribution in [0.4, 0.5) is 10.5 Å². The number of phenolic OH excluding ortho intramolecular Hbond substituents is 1. The lowest BCUT2D eigenvalue weighted by atomic mass is 9.92. The Hall–Kier alpha value is -3.35. The molecule has 2 aromatic carbocycles. The monoisotopic (exact) mass is 367 g/mol. The molecular weight excluding hydrogens is 346 g/mol. The summed E-state index contributed by atoms with van der Waals surface area (Å²) in [6.45, 7) is 5.59. The Morgan fingerprint density at radius 2 is 1.89 bits per heavy atom. The van der Waals surface area contributed by atoms with Gasteiger partial charge in [0.15, 0.2) is 0 Å². The van der Waals surface area contributed by atoms with Crippen molar-refractivity contribution in [3.05, 3.63) is 59.2 Å². The number of urea groups is 1. The smallest absolute Gasteiger partial charge is 0.322 e. The van der Waals surface area contributed by atoms with Gasteiger partial charge in [-0.3, -0.25) is 14.9 Å². The van der Waals surface area contributed by atoms with Crippen molar-refractivity contribution < 1.29 is 19.5 Å². The van der Waals surface area contributed by atoms with E-state index in [0.29, 0.717) is 11.3 Å². The Morgan fingerprint density at radius 1 is 1.15 bits per heavy atom. The number of hydrogen-bond acceptors (Lipinski definition) is 4. The van der Waals surface area contributed by atoms with Gasteiger partial charge < -0.3 is 15.7 Å². The minimum absolute atomic E-state index is 0.109. The fraction of sp³-hybridized carbons (Fsp3) is 0.250. The highest BCUT2D eigenvalue weighted by Gasteiger charge is 2.43. The maximum atomic E-state index is 12.6. The van der Waals surface area contributed by atoms with Crippen LogP contribution < -0.4 is 16.0 Å². The summed E-state index contributed by atoms with van der Waals surface area (Å²) in [4.78, 5) is 36.2. The number of imide groups is 1. The number of hydrogen-bond donors (Lipinski definition) is 4. The molecular formula is C20H21N3O4. The highest BCUT2D eigenvalue weighted by atomic mass is 16.3. The lowest BCUT2D eigenvalue weighted by Gasteiger charge is -2.21. The van der Waals surface area contributed by atoms with E-state index >= 15 is 0 Å². The van der Waals surface area contributed by atoms with Gasteiger partial charge in [-0.1, -0.05) is 32.0 Å². The maximum absolute atomic E-state index is 12.6. The summed E-state index contributed by atoms with van der Waals surface area (Å²) in [5.74, 6) is -0.817. The standard InChI is InChI=1S/C20H21N3O4/c1-11(2)12-7-8-16(24)15(9-12)17(25)21-14-6-4-5-13(10-14)20(3)18(26)22-19(27)23-20/h4-11,24H,1-3H3,(H,21,25)(H2,22,23,26,27). The minimum Gasteiger partial charge on any atom is -0.507 e. The van der Waals surface area contributed by atoms with Crippen LogP contribution in [0.1, 0.15) is 48.2 Å². The molecule has 1 unspecified atom stereocenters. The molecule has 27 heavy (non-hydrogen) atoms. The summed E-state index contributed by atoms with van der Waals surface area (Å²) < 4.78 is 0. The van der Waals surface area contributed by atoms with Crippen LogP contribution in [0.15, 0.2) is 42.5 Å². The highest BCUT2D eigenvalue weighted by molar-refractivity contribution is 6.08. The van der Waals surface area contributed by atoms with Gasteiger partial charge >= 0.3 is 6.03 Å². The summed E-state index contributed by atoms with van der Waals surface area (Å²) in [6, 6.07) is 11.0. The van der Waals surface area contributed by atoms with Gasteiger partial charge in [0, 0.05) is 5.69 Å². The second kappa shape index (κ2) is 6.75. The van der Waals surface area contributed by atoms with Gasteiger partial charge in [0.05, 0.1) is 5.56 Å². The van der Waals surface area contributed by atoms with Crippen LogP contribution in [0, 0.1) is 0 Å². The Kier molecular flexibility index (Phi) is 4.61. The Bertz CT molecular complexity index is 939. The molecule has 0 spiro atoms. The zero-order valence-corrected chi connectivity index (χ0v) is 15.3. The van der Waals surface area contributed by atoms with Crippen molar-refractivity contribution in [1.29, 1.82) is 0 Å². The van der Waals surface area contributed by atoms with Crippen LogP contribution in [0.2, 0.25) is 0 Å². The SMILES string of the molecule is CC(C)c1ccc(O)c(C(=O)Nc2cccc(C3(C)NC(=O)NC3=O)c2)c1. The molecule has 1 atom stereocenters. The van der Waals surface area contributed by atoms with E-state index in [-0.39, 0.29) is 17.2 Å². The van der Waals surface area contributed by atoms with E-state index in [9.17, 15) is 19.5 Å². The van der Waals surface area contributed by atoms with Crippen molar-refractivity contribution in [3.8, 4) is 5.75 Å². The number of aromatic hydroxyl groups is 1. The fourth-order valence-electron chi connectivity index (χ4n) is 2.95. The molecule has 0 saturated carbocycles. The van der Waals surface area contributed by atoms with Crippen LogP contribution in [-0.2, 0) is 10.3 Å². The average Bonchev–Trinajstić information content (AvgIpc) is 2.88. The molecule has 0 aromatic heterocycles. The third-order valence-corrected chi connectivity index (χ3v) is 4.67. The summed E-state index contributed by atoms with van der Waals surface area (Å²) in [6.07, 6.45) is 0. The molecule has 1 saturated heterocycles. The molecule has 7 nitrogen and oxygen atoms in total. The molecule has 0 bridgehead atoms. The van der Waals surface area contributed by atoms with E-state index in [1.54, 1.807) is 43.3 Å². The summed E-state index contributed by atoms with van der Waals surface area (Å²) in [7, 11) is 0. The van der Waals surface area contributed by atoms with Gasteiger partial charge in [-0.2, -0.15) is 0 Å². The molecule has 3 rings (SSSR count). The molecule has 7 heteroatoms. The molecule has 4 amide bonds. The summed E-state index contributed by atoms with van der Waals surface area (Å²) in [5, 5.41) is 17.6. The average molecular weight is 367 g/mol. The number of nitrogens with one attached hydrogen (secondary N) is 3. The van der Waals surface area contributed by atoms with Gasteiger partial charge in [-0.15, -0.1) is 0 Å². The van der Waals surface area contributed by atoms with E-state index in [1.165, 1.54) is 6.07 Å². The minimum atomic E-state index is -1.21. The highest BCUT2D eigenvalue weighted by Crippen LogP contribution is 2.28. The molecule has 0 radical (unpaired) electrons. The molecule has 0 aliphatic carbocycles. The van der Waals surface area contributed by atoms with Crippen molar-refractivity contribution in [2.75, 3.05) is 5.32 Å². The molecule has 1 aliphatic heterocycles. The van der Waals surface area contributed by atoms with Gasteiger partial charge in [0.2, 0.25) is 0 Å². The Balaban J connectivity index is 1.87. The van der Waals surface area contributed by atoms with E-state index in [2.05, 4.69) is 16.0 Å². The largest absolute Gasteiger partial charge is 0.507 e. The van der Waals surface area contributed by atoms with E-state index in [4.69, 9.17) is 0 Å². The maximum Gasteiger partial charge on any atom is 0.322 e. The molecule has 140 valence electrons. The molecule has 2 aromatic rings. The van der Waals surface area contributed by atoms with Crippen LogP contribution in [0.25, 0.3) is 0 Å². The van der Waals surface area contributed by atoms with Crippen molar-refractivity contribution in [3.63, 3.8) is 0 Å². The van der Waals surface area contributed by atoms with Crippen molar-refractivity contribution in [2.45, 2.75) is 32.2 Å². The third kappa shape index (κ3) is 3.48. The van der Waals surface area contributed by atoms with E-state index < -0.39 is 23.4 Å². The molecule has 1 aliphatic rings. The Morgan fingerprint density at radius 3 is 2.52 bits per heavy atom. The predicted molar refractivity (Wildman–Crippen MR) is 101 cm³/mol. The molecule has 1 fully saturated rings. The fourth-order valence-corrected chi connectivity index (χ4v) is 2.95. The lowest BCUT2D eigenvalue weighted by molar-refractivity contribution is -0.123. The van der Waals surface area contributed by atoms with Crippen LogP contribution in [0.3, 0.4) is 0 Å². The van der Waals surface area contributed by atoms with Gasteiger partial charge in [-0.25, -0.2) is 4.79 Å². The number of anilines is 1. The van der Waals surface area contributed by atoms with E-state index in [0.717, 1.165) is 5.56 Å². The Labute approximate surface area is 156 Å². The van der Waals surface area contributed by atoms with E-state index in [1.807, 2.05) is 13.8 Å². The number of rotatable bonds is 4. The summed E-state index contributed by atoms with van der Waals surface area (Å²) >= 11 is 0. The second-order valence-electron chi connectivity index (χ2n) is 7.00. The quantitative estimate of drug-likeness (QED) is 0.623.